The first kappa shape index (κ1) is 13.2. The van der Waals surface area contributed by atoms with Gasteiger partial charge in [0.1, 0.15) is 5.82 Å². The predicted octanol–water partition coefficient (Wildman–Crippen LogP) is 3.30. The molecule has 3 aromatic rings. The van der Waals surface area contributed by atoms with E-state index < -0.39 is 0 Å². The number of aromatic nitrogens is 1. The number of pyridine rings is 1. The molecule has 3 N–H and O–H groups in total. The second kappa shape index (κ2) is 5.28. The zero-order valence-electron chi connectivity index (χ0n) is 10.9. The lowest BCUT2D eigenvalue weighted by molar-refractivity contribution is 0.607. The van der Waals surface area contributed by atoms with Gasteiger partial charge in [-0.25, -0.2) is 9.82 Å². The van der Waals surface area contributed by atoms with E-state index in [1.54, 1.807) is 36.6 Å². The van der Waals surface area contributed by atoms with Crippen LogP contribution in [0.5, 0.6) is 0 Å². The van der Waals surface area contributed by atoms with Gasteiger partial charge in [-0.1, -0.05) is 12.1 Å². The largest absolute Gasteiger partial charge is 0.271 e. The van der Waals surface area contributed by atoms with Gasteiger partial charge in [0.05, 0.1) is 16.3 Å². The average molecular weight is 287 g/mol. The molecular formula is C15H14FN3S. The van der Waals surface area contributed by atoms with Crippen molar-refractivity contribution in [2.24, 2.45) is 5.84 Å². The Labute approximate surface area is 120 Å². The topological polar surface area (TPSA) is 50.9 Å². The third-order valence-electron chi connectivity index (χ3n) is 3.34. The van der Waals surface area contributed by atoms with Crippen LogP contribution >= 0.6 is 11.3 Å². The number of rotatable bonds is 3. The zero-order chi connectivity index (χ0) is 14.1. The number of nitrogens with zero attached hydrogens (tertiary/aromatic N) is 1. The van der Waals surface area contributed by atoms with Gasteiger partial charge < -0.3 is 0 Å². The molecule has 0 saturated heterocycles. The Morgan fingerprint density at radius 1 is 1.25 bits per heavy atom. The molecule has 0 fully saturated rings. The van der Waals surface area contributed by atoms with Gasteiger partial charge in [0.25, 0.3) is 0 Å². The van der Waals surface area contributed by atoms with Gasteiger partial charge in [-0.05, 0) is 47.2 Å². The maximum absolute atomic E-state index is 13.4. The Balaban J connectivity index is 2.05. The Hall–Kier alpha value is -1.82. The van der Waals surface area contributed by atoms with Crippen LogP contribution in [-0.2, 0) is 0 Å². The molecule has 1 unspecified atom stereocenters. The van der Waals surface area contributed by atoms with E-state index in [1.165, 1.54) is 6.07 Å². The van der Waals surface area contributed by atoms with E-state index in [9.17, 15) is 4.39 Å². The quantitative estimate of drug-likeness (QED) is 0.574. The summed E-state index contributed by atoms with van der Waals surface area (Å²) in [6, 6.07) is 8.86. The molecule has 5 heteroatoms. The lowest BCUT2D eigenvalue weighted by Gasteiger charge is -2.17. The summed E-state index contributed by atoms with van der Waals surface area (Å²) in [4.78, 5) is 4.42. The third kappa shape index (κ3) is 2.31. The van der Waals surface area contributed by atoms with Crippen LogP contribution in [0.15, 0.2) is 41.9 Å². The number of nitrogens with two attached hydrogens (primary N) is 1. The minimum absolute atomic E-state index is 0.201. The minimum atomic E-state index is -0.212. The summed E-state index contributed by atoms with van der Waals surface area (Å²) in [5.74, 6) is 5.46. The molecule has 2 aromatic heterocycles. The van der Waals surface area contributed by atoms with E-state index in [1.807, 2.05) is 11.4 Å². The fraction of sp³-hybridized carbons (Fsp3) is 0.133. The van der Waals surface area contributed by atoms with E-state index in [0.717, 1.165) is 21.3 Å². The predicted molar refractivity (Wildman–Crippen MR) is 79.9 cm³/mol. The van der Waals surface area contributed by atoms with Crippen LogP contribution in [0.25, 0.3) is 10.2 Å². The highest BCUT2D eigenvalue weighted by Gasteiger charge is 2.14. The van der Waals surface area contributed by atoms with Crippen molar-refractivity contribution in [1.29, 1.82) is 0 Å². The Bertz CT molecular complexity index is 754. The molecule has 1 aromatic carbocycles. The van der Waals surface area contributed by atoms with Crippen molar-refractivity contribution in [2.75, 3.05) is 0 Å². The van der Waals surface area contributed by atoms with Gasteiger partial charge in [0.2, 0.25) is 0 Å². The summed E-state index contributed by atoms with van der Waals surface area (Å²) < 4.78 is 14.5. The molecule has 0 saturated carbocycles. The first-order chi connectivity index (χ1) is 9.69. The van der Waals surface area contributed by atoms with Crippen LogP contribution in [0.4, 0.5) is 4.39 Å². The van der Waals surface area contributed by atoms with Crippen molar-refractivity contribution < 1.29 is 4.39 Å². The molecule has 0 bridgehead atoms. The van der Waals surface area contributed by atoms with E-state index >= 15 is 0 Å². The SMILES string of the molecule is Cc1cc(C(NN)c2cnc3ccsc3c2)ccc1F. The molecule has 0 radical (unpaired) electrons. The third-order valence-corrected chi connectivity index (χ3v) is 4.19. The van der Waals surface area contributed by atoms with E-state index in [2.05, 4.69) is 16.5 Å². The molecule has 0 amide bonds. The molecule has 3 nitrogen and oxygen atoms in total. The molecular weight excluding hydrogens is 273 g/mol. The number of thiophene rings is 1. The second-order valence-corrected chi connectivity index (χ2v) is 5.63. The summed E-state index contributed by atoms with van der Waals surface area (Å²) in [6.07, 6.45) is 1.80. The number of hydrazine groups is 1. The summed E-state index contributed by atoms with van der Waals surface area (Å²) >= 11 is 1.64. The van der Waals surface area contributed by atoms with Crippen molar-refractivity contribution >= 4 is 21.6 Å². The molecule has 3 rings (SSSR count). The molecule has 20 heavy (non-hydrogen) atoms. The fourth-order valence-electron chi connectivity index (χ4n) is 2.25. The van der Waals surface area contributed by atoms with E-state index in [-0.39, 0.29) is 11.9 Å². The maximum atomic E-state index is 13.4. The standard InChI is InChI=1S/C15H14FN3S/c1-9-6-10(2-3-12(9)16)15(19-17)11-7-14-13(18-8-11)4-5-20-14/h2-8,15,19H,17H2,1H3. The van der Waals surface area contributed by atoms with Crippen molar-refractivity contribution in [2.45, 2.75) is 13.0 Å². The second-order valence-electron chi connectivity index (χ2n) is 4.68. The zero-order valence-corrected chi connectivity index (χ0v) is 11.7. The van der Waals surface area contributed by atoms with Gasteiger partial charge in [-0.3, -0.25) is 10.8 Å². The first-order valence-corrected chi connectivity index (χ1v) is 7.12. The highest BCUT2D eigenvalue weighted by Crippen LogP contribution is 2.27. The molecule has 2 heterocycles. The summed E-state index contributed by atoms with van der Waals surface area (Å²) in [5, 5.41) is 2.01. The maximum Gasteiger partial charge on any atom is 0.126 e. The van der Waals surface area contributed by atoms with Gasteiger partial charge in [-0.15, -0.1) is 11.3 Å². The van der Waals surface area contributed by atoms with E-state index in [4.69, 9.17) is 5.84 Å². The first-order valence-electron chi connectivity index (χ1n) is 6.24. The number of hydrogen-bond donors (Lipinski definition) is 2. The van der Waals surface area contributed by atoms with Gasteiger partial charge in [-0.2, -0.15) is 0 Å². The minimum Gasteiger partial charge on any atom is -0.271 e. The number of fused-ring (bicyclic) bond motifs is 1. The number of halogens is 1. The molecule has 1 atom stereocenters. The highest BCUT2D eigenvalue weighted by molar-refractivity contribution is 7.17. The Morgan fingerprint density at radius 3 is 2.85 bits per heavy atom. The summed E-state index contributed by atoms with van der Waals surface area (Å²) in [5.41, 5.74) is 6.25. The lowest BCUT2D eigenvalue weighted by atomic mass is 9.99. The average Bonchev–Trinajstić information content (AvgIpc) is 2.91. The smallest absolute Gasteiger partial charge is 0.126 e. The van der Waals surface area contributed by atoms with Crippen LogP contribution in [0, 0.1) is 12.7 Å². The molecule has 0 spiro atoms. The van der Waals surface area contributed by atoms with Gasteiger partial charge >= 0.3 is 0 Å². The number of hydrogen-bond acceptors (Lipinski definition) is 4. The van der Waals surface area contributed by atoms with Gasteiger partial charge in [0, 0.05) is 6.20 Å². The van der Waals surface area contributed by atoms with Crippen molar-refractivity contribution in [3.63, 3.8) is 0 Å². The molecule has 102 valence electrons. The van der Waals surface area contributed by atoms with Crippen LogP contribution < -0.4 is 11.3 Å². The Kier molecular flexibility index (Phi) is 3.48. The summed E-state index contributed by atoms with van der Waals surface area (Å²) in [7, 11) is 0. The molecule has 0 aliphatic heterocycles. The van der Waals surface area contributed by atoms with Crippen LogP contribution in [0.3, 0.4) is 0 Å². The number of nitrogens with one attached hydrogen (secondary N) is 1. The monoisotopic (exact) mass is 287 g/mol. The highest BCUT2D eigenvalue weighted by atomic mass is 32.1. The van der Waals surface area contributed by atoms with Crippen LogP contribution in [-0.4, -0.2) is 4.98 Å². The Morgan fingerprint density at radius 2 is 2.10 bits per heavy atom. The van der Waals surface area contributed by atoms with Crippen molar-refractivity contribution in [1.82, 2.24) is 10.4 Å². The van der Waals surface area contributed by atoms with Crippen molar-refractivity contribution in [3.8, 4) is 0 Å². The van der Waals surface area contributed by atoms with Gasteiger partial charge in [0.15, 0.2) is 0 Å². The number of aryl methyl sites for hydroxylation is 1. The van der Waals surface area contributed by atoms with E-state index in [0.29, 0.717) is 5.56 Å². The molecule has 0 aliphatic rings. The van der Waals surface area contributed by atoms with Crippen molar-refractivity contribution in [3.05, 3.63) is 64.4 Å². The van der Waals surface area contributed by atoms with Crippen LogP contribution in [0.2, 0.25) is 0 Å². The molecule has 0 aliphatic carbocycles. The number of benzene rings is 1. The normalized spacial score (nSPS) is 12.8. The van der Waals surface area contributed by atoms with Crippen LogP contribution in [0.1, 0.15) is 22.7 Å². The lowest BCUT2D eigenvalue weighted by Crippen LogP contribution is -2.29. The summed E-state index contributed by atoms with van der Waals surface area (Å²) in [6.45, 7) is 1.74. The fourth-order valence-corrected chi connectivity index (χ4v) is 3.04.